The Bertz CT molecular complexity index is 1290. The second-order valence-corrected chi connectivity index (χ2v) is 11.7. The predicted molar refractivity (Wildman–Crippen MR) is 141 cm³/mol. The van der Waals surface area contributed by atoms with Crippen LogP contribution in [0, 0.1) is 11.8 Å². The van der Waals surface area contributed by atoms with Crippen molar-refractivity contribution in [1.29, 1.82) is 0 Å². The fraction of sp³-hybridized carbons (Fsp3) is 0.407. The van der Waals surface area contributed by atoms with Gasteiger partial charge in [-0.25, -0.2) is 4.98 Å². The zero-order valence-electron chi connectivity index (χ0n) is 18.7. The number of aromatic nitrogens is 1. The highest BCUT2D eigenvalue weighted by Crippen LogP contribution is 2.45. The van der Waals surface area contributed by atoms with E-state index in [9.17, 15) is 0 Å². The van der Waals surface area contributed by atoms with E-state index in [1.54, 1.807) is 11.3 Å². The largest absolute Gasteiger partial charge is 0.371 e. The van der Waals surface area contributed by atoms with Crippen LogP contribution in [0.5, 0.6) is 0 Å². The van der Waals surface area contributed by atoms with Gasteiger partial charge in [-0.2, -0.15) is 0 Å². The lowest BCUT2D eigenvalue weighted by Gasteiger charge is -2.33. The van der Waals surface area contributed by atoms with Crippen LogP contribution in [0.25, 0.3) is 10.2 Å². The number of aliphatic imine (C=N–C) groups is 1. The average Bonchev–Trinajstić information content (AvgIpc) is 3.17. The summed E-state index contributed by atoms with van der Waals surface area (Å²) in [6.45, 7) is 2.41. The second-order valence-electron chi connectivity index (χ2n) is 9.91. The first-order valence-electron chi connectivity index (χ1n) is 12.1. The van der Waals surface area contributed by atoms with E-state index in [1.165, 1.54) is 35.1 Å². The lowest BCUT2D eigenvalue weighted by atomic mass is 9.98. The summed E-state index contributed by atoms with van der Waals surface area (Å²) in [5.41, 5.74) is 5.52. The third kappa shape index (κ3) is 3.60. The lowest BCUT2D eigenvalue weighted by molar-refractivity contribution is 0.0548. The number of rotatable bonds is 6. The Morgan fingerprint density at radius 1 is 1.03 bits per heavy atom. The maximum Gasteiger partial charge on any atom is 0.186 e. The average molecular weight is 510 g/mol. The normalized spacial score (nSPS) is 26.2. The van der Waals surface area contributed by atoms with Crippen LogP contribution in [-0.4, -0.2) is 42.5 Å². The Morgan fingerprint density at radius 3 is 2.62 bits per heavy atom. The van der Waals surface area contributed by atoms with Crippen LogP contribution < -0.4 is 4.90 Å². The van der Waals surface area contributed by atoms with Gasteiger partial charge in [0.2, 0.25) is 0 Å². The van der Waals surface area contributed by atoms with Crippen molar-refractivity contribution in [1.82, 2.24) is 4.98 Å². The Balaban J connectivity index is 1.13. The number of hydrogen-bond donors (Lipinski definition) is 0. The maximum atomic E-state index is 6.70. The highest BCUT2D eigenvalue weighted by molar-refractivity contribution is 7.22. The molecule has 2 bridgehead atoms. The van der Waals surface area contributed by atoms with Gasteiger partial charge in [0.05, 0.1) is 51.3 Å². The topological polar surface area (TPSA) is 37.7 Å². The molecule has 3 heterocycles. The van der Waals surface area contributed by atoms with Crippen LogP contribution in [0.15, 0.2) is 58.6 Å². The number of thiazole rings is 1. The summed E-state index contributed by atoms with van der Waals surface area (Å²) in [7, 11) is 0. The molecule has 3 fully saturated rings. The van der Waals surface area contributed by atoms with Crippen molar-refractivity contribution in [2.75, 3.05) is 24.6 Å². The van der Waals surface area contributed by atoms with Gasteiger partial charge < -0.3 is 9.64 Å². The molecule has 0 N–H and O–H groups in total. The summed E-state index contributed by atoms with van der Waals surface area (Å²) in [5, 5.41) is 2.44. The number of piperidine rings is 1. The predicted octanol–water partition coefficient (Wildman–Crippen LogP) is 6.80. The SMILES string of the molecule is Clc1cccc(Cl)c1C1=NCC(C2CC2)=C1COC1CC2CC1N(c1nc3ccccc3s1)C2. The summed E-state index contributed by atoms with van der Waals surface area (Å²) in [5.74, 6) is 1.31. The lowest BCUT2D eigenvalue weighted by Crippen LogP contribution is -2.42. The van der Waals surface area contributed by atoms with Gasteiger partial charge in [0.15, 0.2) is 5.13 Å². The number of benzene rings is 2. The summed E-state index contributed by atoms with van der Waals surface area (Å²) >= 11 is 14.9. The standard InChI is InChI=1S/C27H25Cl2N3OS/c28-19-4-3-5-20(29)25(19)26-18(17(12-30-26)16-8-9-16)14-33-23-11-15-10-22(23)32(13-15)27-31-21-6-1-2-7-24(21)34-27/h1-7,15-16,22-23H,8-14H2. The number of halogens is 2. The van der Waals surface area contributed by atoms with E-state index in [0.29, 0.717) is 34.5 Å². The summed E-state index contributed by atoms with van der Waals surface area (Å²) in [6.07, 6.45) is 5.01. The maximum absolute atomic E-state index is 6.70. The van der Waals surface area contributed by atoms with Gasteiger partial charge in [-0.1, -0.05) is 52.7 Å². The summed E-state index contributed by atoms with van der Waals surface area (Å²) in [4.78, 5) is 12.3. The van der Waals surface area contributed by atoms with Crippen LogP contribution in [-0.2, 0) is 4.74 Å². The Hall–Kier alpha value is -1.92. The molecule has 3 aromatic rings. The molecule has 4 aliphatic rings. The molecule has 174 valence electrons. The van der Waals surface area contributed by atoms with Crippen LogP contribution in [0.3, 0.4) is 0 Å². The molecular weight excluding hydrogens is 485 g/mol. The van der Waals surface area contributed by atoms with Gasteiger partial charge in [0.1, 0.15) is 0 Å². The third-order valence-electron chi connectivity index (χ3n) is 7.75. The van der Waals surface area contributed by atoms with Gasteiger partial charge in [0, 0.05) is 17.7 Å². The second kappa shape index (κ2) is 8.34. The summed E-state index contributed by atoms with van der Waals surface area (Å²) in [6, 6.07) is 14.5. The molecule has 0 spiro atoms. The van der Waals surface area contributed by atoms with Crippen molar-refractivity contribution in [2.45, 2.75) is 37.8 Å². The van der Waals surface area contributed by atoms with Gasteiger partial charge in [-0.15, -0.1) is 0 Å². The minimum Gasteiger partial charge on any atom is -0.371 e. The smallest absolute Gasteiger partial charge is 0.186 e. The van der Waals surface area contributed by atoms with E-state index in [4.69, 9.17) is 37.9 Å². The van der Waals surface area contributed by atoms with E-state index in [2.05, 4.69) is 29.2 Å². The first-order chi connectivity index (χ1) is 16.7. The van der Waals surface area contributed by atoms with E-state index < -0.39 is 0 Å². The zero-order valence-corrected chi connectivity index (χ0v) is 21.0. The molecule has 2 saturated carbocycles. The quantitative estimate of drug-likeness (QED) is 0.366. The monoisotopic (exact) mass is 509 g/mol. The molecule has 1 aromatic heterocycles. The molecule has 3 atom stereocenters. The van der Waals surface area contributed by atoms with Crippen LogP contribution in [0.4, 0.5) is 5.13 Å². The molecule has 34 heavy (non-hydrogen) atoms. The van der Waals surface area contributed by atoms with Crippen LogP contribution in [0.2, 0.25) is 10.0 Å². The number of para-hydroxylation sites is 1. The van der Waals surface area contributed by atoms with Crippen LogP contribution >= 0.6 is 34.5 Å². The van der Waals surface area contributed by atoms with Crippen LogP contribution in [0.1, 0.15) is 31.2 Å². The Kier molecular flexibility index (Phi) is 5.24. The number of fused-ring (bicyclic) bond motifs is 3. The van der Waals surface area contributed by atoms with E-state index in [1.807, 2.05) is 18.2 Å². The zero-order chi connectivity index (χ0) is 22.8. The third-order valence-corrected chi connectivity index (χ3v) is 9.45. The van der Waals surface area contributed by atoms with Crippen molar-refractivity contribution in [3.63, 3.8) is 0 Å². The van der Waals surface area contributed by atoms with Crippen molar-refractivity contribution in [3.8, 4) is 0 Å². The highest BCUT2D eigenvalue weighted by Gasteiger charge is 2.47. The Morgan fingerprint density at radius 2 is 1.85 bits per heavy atom. The van der Waals surface area contributed by atoms with Crippen molar-refractivity contribution < 1.29 is 4.74 Å². The molecule has 0 amide bonds. The fourth-order valence-corrected chi connectivity index (χ4v) is 7.58. The highest BCUT2D eigenvalue weighted by atomic mass is 35.5. The van der Waals surface area contributed by atoms with Crippen molar-refractivity contribution >= 4 is 55.6 Å². The van der Waals surface area contributed by atoms with E-state index >= 15 is 0 Å². The van der Waals surface area contributed by atoms with E-state index in [0.717, 1.165) is 41.4 Å². The fourth-order valence-electron chi connectivity index (χ4n) is 5.97. The number of ether oxygens (including phenoxy) is 1. The van der Waals surface area contributed by atoms with Gasteiger partial charge in [-0.05, 0) is 67.4 Å². The molecule has 1 saturated heterocycles. The van der Waals surface area contributed by atoms with Crippen molar-refractivity contribution in [3.05, 3.63) is 69.2 Å². The molecule has 0 radical (unpaired) electrons. The first kappa shape index (κ1) is 21.4. The minimum absolute atomic E-state index is 0.210. The molecule has 7 rings (SSSR count). The van der Waals surface area contributed by atoms with E-state index in [-0.39, 0.29) is 6.10 Å². The van der Waals surface area contributed by atoms with Gasteiger partial charge in [0.25, 0.3) is 0 Å². The molecule has 3 unspecified atom stereocenters. The van der Waals surface area contributed by atoms with Gasteiger partial charge in [-0.3, -0.25) is 4.99 Å². The summed E-state index contributed by atoms with van der Waals surface area (Å²) < 4.78 is 7.95. The molecular formula is C27H25Cl2N3OS. The Labute approximate surface area is 213 Å². The molecule has 2 aliphatic carbocycles. The number of nitrogens with zero attached hydrogens (tertiary/aromatic N) is 3. The van der Waals surface area contributed by atoms with Crippen molar-refractivity contribution in [2.24, 2.45) is 16.8 Å². The molecule has 2 aliphatic heterocycles. The molecule has 7 heteroatoms. The first-order valence-corrected chi connectivity index (χ1v) is 13.7. The molecule has 2 aromatic carbocycles. The minimum atomic E-state index is 0.210. The number of hydrogen-bond acceptors (Lipinski definition) is 5. The molecule has 4 nitrogen and oxygen atoms in total. The van der Waals surface area contributed by atoms with Gasteiger partial charge >= 0.3 is 0 Å². The number of anilines is 1.